The summed E-state index contributed by atoms with van der Waals surface area (Å²) in [7, 11) is 3.38. The van der Waals surface area contributed by atoms with Crippen LogP contribution in [0.1, 0.15) is 11.9 Å². The Labute approximate surface area is 88.1 Å². The van der Waals surface area contributed by atoms with Crippen LogP contribution in [0, 0.1) is 0 Å². The van der Waals surface area contributed by atoms with Crippen LogP contribution in [0.3, 0.4) is 0 Å². The van der Waals surface area contributed by atoms with E-state index in [2.05, 4.69) is 6.58 Å². The van der Waals surface area contributed by atoms with Gasteiger partial charge in [-0.05, 0) is 12.1 Å². The zero-order chi connectivity index (χ0) is 11.0. The molecule has 0 saturated carbocycles. The van der Waals surface area contributed by atoms with E-state index in [1.807, 2.05) is 6.07 Å². The van der Waals surface area contributed by atoms with Crippen LogP contribution in [0.15, 0.2) is 35.0 Å². The van der Waals surface area contributed by atoms with Crippen LogP contribution in [0.25, 0.3) is 0 Å². The van der Waals surface area contributed by atoms with E-state index in [4.69, 9.17) is 9.15 Å². The first kappa shape index (κ1) is 9.98. The number of carbonyl (C=O) groups excluding carboxylic acids is 1. The molecule has 1 amide bonds. The maximum Gasteiger partial charge on any atom is 0.251 e. The molecule has 0 radical (unpaired) electrons. The predicted molar refractivity (Wildman–Crippen MR) is 54.2 cm³/mol. The van der Waals surface area contributed by atoms with Crippen molar-refractivity contribution in [2.45, 2.75) is 12.2 Å². The van der Waals surface area contributed by atoms with Crippen molar-refractivity contribution >= 4 is 5.91 Å². The largest absolute Gasteiger partial charge is 0.466 e. The number of ether oxygens (including phenoxy) is 1. The normalized spacial score (nSPS) is 23.6. The highest BCUT2D eigenvalue weighted by Crippen LogP contribution is 2.42. The molecule has 2 rings (SSSR count). The lowest BCUT2D eigenvalue weighted by Crippen LogP contribution is -2.25. The maximum atomic E-state index is 11.6. The van der Waals surface area contributed by atoms with Crippen molar-refractivity contribution in [1.29, 1.82) is 0 Å². The molecule has 80 valence electrons. The first-order valence-electron chi connectivity index (χ1n) is 4.70. The Morgan fingerprint density at radius 2 is 2.27 bits per heavy atom. The topological polar surface area (TPSA) is 46.0 Å². The molecular weight excluding hydrogens is 194 g/mol. The third-order valence-electron chi connectivity index (χ3n) is 2.34. The SMILES string of the molecule is C=C(C(=O)N(C)C)[C@H]1O[C@@H]1c1ccco1. The van der Waals surface area contributed by atoms with Crippen molar-refractivity contribution in [1.82, 2.24) is 4.90 Å². The van der Waals surface area contributed by atoms with Gasteiger partial charge in [-0.25, -0.2) is 0 Å². The molecule has 1 aromatic rings. The van der Waals surface area contributed by atoms with Crippen LogP contribution >= 0.6 is 0 Å². The van der Waals surface area contributed by atoms with Crippen molar-refractivity contribution in [2.24, 2.45) is 0 Å². The number of likely N-dealkylation sites (N-methyl/N-ethyl adjacent to an activating group) is 1. The standard InChI is InChI=1S/C11H13NO3/c1-7(11(13)12(2)3)9-10(15-9)8-5-4-6-14-8/h4-6,9-10H,1H2,2-3H3/t9-,10-/m1/s1. The Morgan fingerprint density at radius 1 is 1.53 bits per heavy atom. The van der Waals surface area contributed by atoms with Crippen molar-refractivity contribution < 1.29 is 13.9 Å². The molecule has 0 bridgehead atoms. The lowest BCUT2D eigenvalue weighted by Gasteiger charge is -2.10. The van der Waals surface area contributed by atoms with Crippen LogP contribution in [0.2, 0.25) is 0 Å². The molecule has 4 nitrogen and oxygen atoms in total. The predicted octanol–water partition coefficient (Wildman–Crippen LogP) is 1.36. The van der Waals surface area contributed by atoms with Crippen molar-refractivity contribution in [2.75, 3.05) is 14.1 Å². The molecule has 1 aliphatic rings. The average molecular weight is 207 g/mol. The molecule has 0 N–H and O–H groups in total. The second-order valence-electron chi connectivity index (χ2n) is 3.72. The van der Waals surface area contributed by atoms with Gasteiger partial charge in [-0.3, -0.25) is 4.79 Å². The van der Waals surface area contributed by atoms with Crippen molar-refractivity contribution in [3.05, 3.63) is 36.3 Å². The van der Waals surface area contributed by atoms with E-state index >= 15 is 0 Å². The van der Waals surface area contributed by atoms with Crippen LogP contribution in [-0.4, -0.2) is 31.0 Å². The van der Waals surface area contributed by atoms with Crippen molar-refractivity contribution in [3.8, 4) is 0 Å². The third kappa shape index (κ3) is 1.80. The van der Waals surface area contributed by atoms with Gasteiger partial charge in [-0.1, -0.05) is 6.58 Å². The molecule has 0 aliphatic carbocycles. The van der Waals surface area contributed by atoms with E-state index in [0.717, 1.165) is 5.76 Å². The van der Waals surface area contributed by atoms with Crippen LogP contribution < -0.4 is 0 Å². The van der Waals surface area contributed by atoms with Gasteiger partial charge in [0, 0.05) is 19.7 Å². The van der Waals surface area contributed by atoms with E-state index in [0.29, 0.717) is 5.57 Å². The lowest BCUT2D eigenvalue weighted by atomic mass is 10.1. The Kier molecular flexibility index (Phi) is 2.36. The minimum atomic E-state index is -0.231. The highest BCUT2D eigenvalue weighted by Gasteiger charge is 2.46. The first-order valence-corrected chi connectivity index (χ1v) is 4.70. The summed E-state index contributed by atoms with van der Waals surface area (Å²) in [4.78, 5) is 13.0. The molecule has 1 fully saturated rings. The Hall–Kier alpha value is -1.55. The summed E-state index contributed by atoms with van der Waals surface area (Å²) in [6.45, 7) is 3.74. The quantitative estimate of drug-likeness (QED) is 0.555. The summed E-state index contributed by atoms with van der Waals surface area (Å²) in [5, 5.41) is 0. The number of nitrogens with zero attached hydrogens (tertiary/aromatic N) is 1. The van der Waals surface area contributed by atoms with E-state index in [1.165, 1.54) is 4.90 Å². The van der Waals surface area contributed by atoms with Crippen LogP contribution in [0.4, 0.5) is 0 Å². The molecule has 1 aromatic heterocycles. The number of hydrogen-bond acceptors (Lipinski definition) is 3. The van der Waals surface area contributed by atoms with E-state index in [1.54, 1.807) is 26.4 Å². The highest BCUT2D eigenvalue weighted by atomic mass is 16.6. The number of amides is 1. The van der Waals surface area contributed by atoms with Gasteiger partial charge in [-0.2, -0.15) is 0 Å². The molecule has 1 aliphatic heterocycles. The number of furan rings is 1. The van der Waals surface area contributed by atoms with Gasteiger partial charge < -0.3 is 14.1 Å². The van der Waals surface area contributed by atoms with E-state index in [9.17, 15) is 4.79 Å². The summed E-state index contributed by atoms with van der Waals surface area (Å²) >= 11 is 0. The molecule has 0 spiro atoms. The third-order valence-corrected chi connectivity index (χ3v) is 2.34. The number of rotatable bonds is 3. The lowest BCUT2D eigenvalue weighted by molar-refractivity contribution is -0.124. The highest BCUT2D eigenvalue weighted by molar-refractivity contribution is 5.94. The number of hydrogen-bond donors (Lipinski definition) is 0. The molecule has 0 aromatic carbocycles. The minimum Gasteiger partial charge on any atom is -0.466 e. The molecule has 15 heavy (non-hydrogen) atoms. The summed E-state index contributed by atoms with van der Waals surface area (Å²) in [5.41, 5.74) is 0.474. The molecule has 4 heteroatoms. The van der Waals surface area contributed by atoms with Crippen LogP contribution in [0.5, 0.6) is 0 Å². The fraction of sp³-hybridized carbons (Fsp3) is 0.364. The second kappa shape index (κ2) is 3.55. The zero-order valence-electron chi connectivity index (χ0n) is 8.77. The minimum absolute atomic E-state index is 0.103. The van der Waals surface area contributed by atoms with Crippen molar-refractivity contribution in [3.63, 3.8) is 0 Å². The second-order valence-corrected chi connectivity index (χ2v) is 3.72. The summed E-state index contributed by atoms with van der Waals surface area (Å²) < 4.78 is 10.5. The number of epoxide rings is 1. The molecule has 0 unspecified atom stereocenters. The molecule has 2 atom stereocenters. The smallest absolute Gasteiger partial charge is 0.251 e. The summed E-state index contributed by atoms with van der Waals surface area (Å²) in [6.07, 6.45) is 1.22. The van der Waals surface area contributed by atoms with Crippen LogP contribution in [-0.2, 0) is 9.53 Å². The fourth-order valence-electron chi connectivity index (χ4n) is 1.46. The first-order chi connectivity index (χ1) is 7.11. The van der Waals surface area contributed by atoms with Gasteiger partial charge in [0.2, 0.25) is 0 Å². The summed E-state index contributed by atoms with van der Waals surface area (Å²) in [5.74, 6) is 0.641. The fourth-order valence-corrected chi connectivity index (χ4v) is 1.46. The monoisotopic (exact) mass is 207 g/mol. The van der Waals surface area contributed by atoms with Gasteiger partial charge in [0.25, 0.3) is 5.91 Å². The summed E-state index contributed by atoms with van der Waals surface area (Å²) in [6, 6.07) is 3.63. The maximum absolute atomic E-state index is 11.6. The van der Waals surface area contributed by atoms with E-state index < -0.39 is 0 Å². The average Bonchev–Trinajstić information content (AvgIpc) is 2.82. The van der Waals surface area contributed by atoms with Gasteiger partial charge in [0.15, 0.2) is 0 Å². The van der Waals surface area contributed by atoms with Gasteiger partial charge in [0.05, 0.1) is 6.26 Å². The molecule has 1 saturated heterocycles. The number of carbonyl (C=O) groups is 1. The van der Waals surface area contributed by atoms with E-state index in [-0.39, 0.29) is 18.1 Å². The van der Waals surface area contributed by atoms with Gasteiger partial charge >= 0.3 is 0 Å². The molecule has 2 heterocycles. The Bertz CT molecular complexity index is 381. The Morgan fingerprint density at radius 3 is 2.80 bits per heavy atom. The van der Waals surface area contributed by atoms with Gasteiger partial charge in [0.1, 0.15) is 18.0 Å². The zero-order valence-corrected chi connectivity index (χ0v) is 8.77. The van der Waals surface area contributed by atoms with Gasteiger partial charge in [-0.15, -0.1) is 0 Å². The Balaban J connectivity index is 2.00. The molecular formula is C11H13NO3.